The summed E-state index contributed by atoms with van der Waals surface area (Å²) in [7, 11) is 0. The Balaban J connectivity index is 2.22. The SMILES string of the molecule is O=C(/C=C/c1ccccc1)c1ccc(C(F)(F)F)cc1Cl. The summed E-state index contributed by atoms with van der Waals surface area (Å²) in [5.74, 6) is -0.447. The van der Waals surface area contributed by atoms with Gasteiger partial charge < -0.3 is 0 Å². The van der Waals surface area contributed by atoms with E-state index in [1.807, 2.05) is 18.2 Å². The van der Waals surface area contributed by atoms with E-state index in [9.17, 15) is 18.0 Å². The second-order valence-electron chi connectivity index (χ2n) is 4.30. The number of hydrogen-bond donors (Lipinski definition) is 0. The second kappa shape index (κ2) is 6.14. The van der Waals surface area contributed by atoms with Gasteiger partial charge in [0.15, 0.2) is 5.78 Å². The van der Waals surface area contributed by atoms with Gasteiger partial charge in [-0.25, -0.2) is 0 Å². The molecule has 0 unspecified atom stereocenters. The zero-order chi connectivity index (χ0) is 15.5. The van der Waals surface area contributed by atoms with Crippen molar-refractivity contribution in [2.75, 3.05) is 0 Å². The summed E-state index contributed by atoms with van der Waals surface area (Å²) < 4.78 is 37.5. The highest BCUT2D eigenvalue weighted by Gasteiger charge is 2.31. The van der Waals surface area contributed by atoms with Gasteiger partial charge in [-0.3, -0.25) is 4.79 Å². The van der Waals surface area contributed by atoms with Crippen molar-refractivity contribution in [3.8, 4) is 0 Å². The third-order valence-corrected chi connectivity index (χ3v) is 3.10. The van der Waals surface area contributed by atoms with Crippen molar-refractivity contribution in [2.24, 2.45) is 0 Å². The van der Waals surface area contributed by atoms with Crippen molar-refractivity contribution in [3.63, 3.8) is 0 Å². The summed E-state index contributed by atoms with van der Waals surface area (Å²) >= 11 is 5.76. The topological polar surface area (TPSA) is 17.1 Å². The van der Waals surface area contributed by atoms with Crippen LogP contribution in [0.2, 0.25) is 5.02 Å². The molecule has 21 heavy (non-hydrogen) atoms. The maximum Gasteiger partial charge on any atom is 0.416 e. The Morgan fingerprint density at radius 1 is 1.05 bits per heavy atom. The van der Waals surface area contributed by atoms with E-state index in [-0.39, 0.29) is 10.6 Å². The molecular weight excluding hydrogens is 301 g/mol. The first-order valence-corrected chi connectivity index (χ1v) is 6.40. The van der Waals surface area contributed by atoms with Crippen molar-refractivity contribution in [1.29, 1.82) is 0 Å². The van der Waals surface area contributed by atoms with E-state index in [0.717, 1.165) is 23.8 Å². The minimum absolute atomic E-state index is 0.0387. The van der Waals surface area contributed by atoms with Crippen LogP contribution in [0.3, 0.4) is 0 Å². The Morgan fingerprint density at radius 3 is 2.29 bits per heavy atom. The molecule has 0 amide bonds. The lowest BCUT2D eigenvalue weighted by atomic mass is 10.1. The van der Waals surface area contributed by atoms with Gasteiger partial charge in [0, 0.05) is 5.56 Å². The summed E-state index contributed by atoms with van der Waals surface area (Å²) in [6, 6.07) is 11.8. The van der Waals surface area contributed by atoms with E-state index in [1.54, 1.807) is 18.2 Å². The molecule has 1 nitrogen and oxygen atoms in total. The van der Waals surface area contributed by atoms with E-state index < -0.39 is 17.5 Å². The van der Waals surface area contributed by atoms with Gasteiger partial charge in [0.05, 0.1) is 10.6 Å². The fourth-order valence-corrected chi connectivity index (χ4v) is 1.99. The Kier molecular flexibility index (Phi) is 4.48. The number of ketones is 1. The molecule has 0 saturated carbocycles. The highest BCUT2D eigenvalue weighted by molar-refractivity contribution is 6.34. The molecule has 0 N–H and O–H groups in total. The van der Waals surface area contributed by atoms with Crippen LogP contribution in [0.25, 0.3) is 6.08 Å². The van der Waals surface area contributed by atoms with Crippen LogP contribution in [0, 0.1) is 0 Å². The summed E-state index contributed by atoms with van der Waals surface area (Å²) in [6.45, 7) is 0. The number of allylic oxidation sites excluding steroid dienone is 1. The Labute approximate surface area is 124 Å². The maximum atomic E-state index is 12.5. The Bertz CT molecular complexity index is 676. The van der Waals surface area contributed by atoms with Gasteiger partial charge in [0.1, 0.15) is 0 Å². The molecule has 2 aromatic carbocycles. The van der Waals surface area contributed by atoms with E-state index in [0.29, 0.717) is 0 Å². The molecule has 0 aromatic heterocycles. The molecule has 0 radical (unpaired) electrons. The largest absolute Gasteiger partial charge is 0.416 e. The van der Waals surface area contributed by atoms with Crippen molar-refractivity contribution >= 4 is 23.5 Å². The van der Waals surface area contributed by atoms with Crippen molar-refractivity contribution in [2.45, 2.75) is 6.18 Å². The lowest BCUT2D eigenvalue weighted by Gasteiger charge is -2.08. The van der Waals surface area contributed by atoms with Crippen LogP contribution in [0.4, 0.5) is 13.2 Å². The average molecular weight is 311 g/mol. The molecule has 0 aliphatic carbocycles. The molecule has 0 fully saturated rings. The predicted octanol–water partition coefficient (Wildman–Crippen LogP) is 5.25. The summed E-state index contributed by atoms with van der Waals surface area (Å²) in [5, 5.41) is -0.215. The van der Waals surface area contributed by atoms with Crippen LogP contribution in [0.5, 0.6) is 0 Å². The number of benzene rings is 2. The summed E-state index contributed by atoms with van der Waals surface area (Å²) in [4.78, 5) is 11.9. The third-order valence-electron chi connectivity index (χ3n) is 2.79. The summed E-state index contributed by atoms with van der Waals surface area (Å²) in [5.41, 5.74) is -0.0261. The molecular formula is C16H10ClF3O. The zero-order valence-electron chi connectivity index (χ0n) is 10.7. The van der Waals surface area contributed by atoms with Gasteiger partial charge in [-0.15, -0.1) is 0 Å². The summed E-state index contributed by atoms with van der Waals surface area (Å²) in [6.07, 6.45) is -1.62. The molecule has 0 bridgehead atoms. The minimum Gasteiger partial charge on any atom is -0.289 e. The van der Waals surface area contributed by atoms with E-state index in [1.165, 1.54) is 6.08 Å². The van der Waals surface area contributed by atoms with Crippen LogP contribution in [-0.4, -0.2) is 5.78 Å². The highest BCUT2D eigenvalue weighted by Crippen LogP contribution is 2.32. The average Bonchev–Trinajstić information content (AvgIpc) is 2.45. The monoisotopic (exact) mass is 310 g/mol. The first kappa shape index (κ1) is 15.3. The molecule has 0 spiro atoms. The molecule has 0 heterocycles. The first-order valence-electron chi connectivity index (χ1n) is 6.02. The fraction of sp³-hybridized carbons (Fsp3) is 0.0625. The van der Waals surface area contributed by atoms with E-state index in [2.05, 4.69) is 0 Å². The minimum atomic E-state index is -4.48. The van der Waals surface area contributed by atoms with Crippen molar-refractivity contribution < 1.29 is 18.0 Å². The number of halogens is 4. The maximum absolute atomic E-state index is 12.5. The first-order chi connectivity index (χ1) is 9.88. The number of hydrogen-bond acceptors (Lipinski definition) is 1. The standard InChI is InChI=1S/C16H10ClF3O/c17-14-10-12(16(18,19)20)7-8-13(14)15(21)9-6-11-4-2-1-3-5-11/h1-10H/b9-6+. The predicted molar refractivity (Wildman–Crippen MR) is 76.3 cm³/mol. The fourth-order valence-electron chi connectivity index (χ4n) is 1.72. The molecule has 2 aromatic rings. The Hall–Kier alpha value is -2.07. The lowest BCUT2D eigenvalue weighted by molar-refractivity contribution is -0.137. The molecule has 108 valence electrons. The van der Waals surface area contributed by atoms with Crippen molar-refractivity contribution in [1.82, 2.24) is 0 Å². The van der Waals surface area contributed by atoms with Crippen LogP contribution < -0.4 is 0 Å². The van der Waals surface area contributed by atoms with E-state index >= 15 is 0 Å². The number of carbonyl (C=O) groups excluding carboxylic acids is 1. The molecule has 5 heteroatoms. The van der Waals surface area contributed by atoms with Crippen LogP contribution in [0.15, 0.2) is 54.6 Å². The van der Waals surface area contributed by atoms with Gasteiger partial charge >= 0.3 is 6.18 Å². The third kappa shape index (κ3) is 3.95. The molecule has 0 saturated heterocycles. The number of rotatable bonds is 3. The number of alkyl halides is 3. The van der Waals surface area contributed by atoms with E-state index in [4.69, 9.17) is 11.6 Å². The highest BCUT2D eigenvalue weighted by atomic mass is 35.5. The lowest BCUT2D eigenvalue weighted by Crippen LogP contribution is -2.06. The Morgan fingerprint density at radius 2 is 1.71 bits per heavy atom. The van der Waals surface area contributed by atoms with Crippen LogP contribution >= 0.6 is 11.6 Å². The molecule has 0 atom stereocenters. The molecule has 2 rings (SSSR count). The smallest absolute Gasteiger partial charge is 0.289 e. The van der Waals surface area contributed by atoms with Crippen LogP contribution in [0.1, 0.15) is 21.5 Å². The molecule has 0 aliphatic heterocycles. The van der Waals surface area contributed by atoms with Gasteiger partial charge in [0.2, 0.25) is 0 Å². The quantitative estimate of drug-likeness (QED) is 0.558. The van der Waals surface area contributed by atoms with Gasteiger partial charge in [0.25, 0.3) is 0 Å². The normalized spacial score (nSPS) is 11.8. The second-order valence-corrected chi connectivity index (χ2v) is 4.71. The van der Waals surface area contributed by atoms with Gasteiger partial charge in [-0.05, 0) is 29.8 Å². The van der Waals surface area contributed by atoms with Gasteiger partial charge in [-0.1, -0.05) is 48.0 Å². The van der Waals surface area contributed by atoms with Crippen molar-refractivity contribution in [3.05, 3.63) is 76.3 Å². The number of carbonyl (C=O) groups is 1. The molecule has 0 aliphatic rings. The zero-order valence-corrected chi connectivity index (χ0v) is 11.4. The van der Waals surface area contributed by atoms with Crippen LogP contribution in [-0.2, 0) is 6.18 Å². The van der Waals surface area contributed by atoms with Gasteiger partial charge in [-0.2, -0.15) is 13.2 Å².